The third-order valence-electron chi connectivity index (χ3n) is 6.00. The number of hydrogen-bond acceptors (Lipinski definition) is 4. The summed E-state index contributed by atoms with van der Waals surface area (Å²) in [5.41, 5.74) is -0.286. The lowest BCUT2D eigenvalue weighted by Gasteiger charge is -2.24. The summed E-state index contributed by atoms with van der Waals surface area (Å²) in [6.07, 6.45) is -4.54. The quantitative estimate of drug-likeness (QED) is 0.199. The molecule has 0 bridgehead atoms. The summed E-state index contributed by atoms with van der Waals surface area (Å²) < 4.78 is 39.7. The highest BCUT2D eigenvalue weighted by Gasteiger charge is 2.46. The number of thiophene rings is 1. The predicted octanol–water partition coefficient (Wildman–Crippen LogP) is 6.54. The molecule has 3 aromatic carbocycles. The molecule has 1 unspecified atom stereocenters. The van der Waals surface area contributed by atoms with E-state index in [1.165, 1.54) is 28.4 Å². The van der Waals surface area contributed by atoms with Crippen molar-refractivity contribution in [2.75, 3.05) is 0 Å². The average Bonchev–Trinajstić information content (AvgIpc) is 3.46. The van der Waals surface area contributed by atoms with Gasteiger partial charge in [-0.3, -0.25) is 9.59 Å². The van der Waals surface area contributed by atoms with Gasteiger partial charge in [0.2, 0.25) is 0 Å². The first-order valence-corrected chi connectivity index (χ1v) is 11.6. The monoisotopic (exact) mass is 493 g/mol. The Bertz CT molecular complexity index is 1470. The summed E-state index contributed by atoms with van der Waals surface area (Å²) >= 11 is 1.29. The van der Waals surface area contributed by atoms with Crippen LogP contribution in [0.25, 0.3) is 16.5 Å². The zero-order valence-corrected chi connectivity index (χ0v) is 18.9. The van der Waals surface area contributed by atoms with E-state index in [2.05, 4.69) is 0 Å². The summed E-state index contributed by atoms with van der Waals surface area (Å²) in [6, 6.07) is 19.9. The van der Waals surface area contributed by atoms with E-state index in [4.69, 9.17) is 0 Å². The molecule has 1 aliphatic heterocycles. The van der Waals surface area contributed by atoms with Gasteiger partial charge in [-0.1, -0.05) is 60.7 Å². The minimum Gasteiger partial charge on any atom is -0.507 e. The van der Waals surface area contributed by atoms with Crippen molar-refractivity contribution in [2.45, 2.75) is 18.8 Å². The van der Waals surface area contributed by atoms with Crippen LogP contribution in [0.3, 0.4) is 0 Å². The molecule has 8 heteroatoms. The SMILES string of the molecule is O=C1C(=O)N(Cc2cccc(C(F)(F)F)c2)C(c2cccs2)/C1=C(/O)c1cccc2ccccc12. The van der Waals surface area contributed by atoms with E-state index >= 15 is 0 Å². The Morgan fingerprint density at radius 1 is 0.943 bits per heavy atom. The molecule has 1 fully saturated rings. The third-order valence-corrected chi connectivity index (χ3v) is 6.93. The Balaban J connectivity index is 1.64. The summed E-state index contributed by atoms with van der Waals surface area (Å²) in [7, 11) is 0. The van der Waals surface area contributed by atoms with Crippen LogP contribution in [0.1, 0.15) is 27.6 Å². The largest absolute Gasteiger partial charge is 0.507 e. The van der Waals surface area contributed by atoms with Gasteiger partial charge in [0.1, 0.15) is 5.76 Å². The van der Waals surface area contributed by atoms with E-state index in [9.17, 15) is 27.9 Å². The number of aliphatic hydroxyl groups excluding tert-OH is 1. The van der Waals surface area contributed by atoms with Crippen LogP contribution in [0.5, 0.6) is 0 Å². The predicted molar refractivity (Wildman–Crippen MR) is 128 cm³/mol. The van der Waals surface area contributed by atoms with Crippen LogP contribution in [0.2, 0.25) is 0 Å². The van der Waals surface area contributed by atoms with Crippen molar-refractivity contribution in [1.82, 2.24) is 4.90 Å². The van der Waals surface area contributed by atoms with Crippen LogP contribution in [-0.2, 0) is 22.3 Å². The smallest absolute Gasteiger partial charge is 0.416 e. The Morgan fingerprint density at radius 3 is 2.43 bits per heavy atom. The fourth-order valence-electron chi connectivity index (χ4n) is 4.41. The van der Waals surface area contributed by atoms with Crippen LogP contribution >= 0.6 is 11.3 Å². The number of carbonyl (C=O) groups is 2. The molecule has 1 saturated heterocycles. The number of halogens is 3. The lowest BCUT2D eigenvalue weighted by atomic mass is 9.96. The van der Waals surface area contributed by atoms with Crippen LogP contribution < -0.4 is 0 Å². The van der Waals surface area contributed by atoms with E-state index < -0.39 is 29.5 Å². The molecule has 4 nitrogen and oxygen atoms in total. The fraction of sp³-hybridized carbons (Fsp3) is 0.111. The topological polar surface area (TPSA) is 57.6 Å². The number of hydrogen-bond donors (Lipinski definition) is 1. The molecule has 4 aromatic rings. The number of benzene rings is 3. The number of likely N-dealkylation sites (tertiary alicyclic amines) is 1. The lowest BCUT2D eigenvalue weighted by molar-refractivity contribution is -0.140. The molecule has 1 aromatic heterocycles. The summed E-state index contributed by atoms with van der Waals surface area (Å²) in [5.74, 6) is -2.06. The highest BCUT2D eigenvalue weighted by Crippen LogP contribution is 2.43. The van der Waals surface area contributed by atoms with Crippen LogP contribution in [-0.4, -0.2) is 21.7 Å². The van der Waals surface area contributed by atoms with Gasteiger partial charge in [0.15, 0.2) is 0 Å². The number of nitrogens with zero attached hydrogens (tertiary/aromatic N) is 1. The van der Waals surface area contributed by atoms with Crippen LogP contribution in [0, 0.1) is 0 Å². The Hall–Kier alpha value is -3.91. The summed E-state index contributed by atoms with van der Waals surface area (Å²) in [4.78, 5) is 28.2. The highest BCUT2D eigenvalue weighted by molar-refractivity contribution is 7.10. The number of aliphatic hydroxyl groups is 1. The van der Waals surface area contributed by atoms with E-state index in [1.54, 1.807) is 29.6 Å². The van der Waals surface area contributed by atoms with E-state index in [1.807, 2.05) is 30.3 Å². The number of fused-ring (bicyclic) bond motifs is 1. The maximum atomic E-state index is 13.2. The molecule has 0 spiro atoms. The van der Waals surface area contributed by atoms with Crippen LogP contribution in [0.4, 0.5) is 13.2 Å². The van der Waals surface area contributed by atoms with Gasteiger partial charge in [-0.15, -0.1) is 11.3 Å². The summed E-state index contributed by atoms with van der Waals surface area (Å²) in [5, 5.41) is 14.7. The van der Waals surface area contributed by atoms with Gasteiger partial charge in [0, 0.05) is 17.0 Å². The van der Waals surface area contributed by atoms with E-state index in [0.29, 0.717) is 15.8 Å². The number of Topliss-reactive ketones (excluding diaryl/α,β-unsaturated/α-hetero) is 1. The Morgan fingerprint density at radius 2 is 1.69 bits per heavy atom. The molecule has 176 valence electrons. The molecule has 5 rings (SSSR count). The molecule has 1 atom stereocenters. The molecular weight excluding hydrogens is 475 g/mol. The van der Waals surface area contributed by atoms with Crippen molar-refractivity contribution < 1.29 is 27.9 Å². The molecule has 2 heterocycles. The van der Waals surface area contributed by atoms with Gasteiger partial charge in [0.25, 0.3) is 11.7 Å². The summed E-state index contributed by atoms with van der Waals surface area (Å²) in [6.45, 7) is -0.219. The number of amides is 1. The fourth-order valence-corrected chi connectivity index (χ4v) is 5.25. The number of rotatable bonds is 4. The van der Waals surface area contributed by atoms with Gasteiger partial charge >= 0.3 is 6.18 Å². The van der Waals surface area contributed by atoms with Crippen molar-refractivity contribution in [3.05, 3.63) is 111 Å². The first-order valence-electron chi connectivity index (χ1n) is 10.7. The van der Waals surface area contributed by atoms with Gasteiger partial charge in [-0.05, 0) is 39.9 Å². The third kappa shape index (κ3) is 4.10. The van der Waals surface area contributed by atoms with Gasteiger partial charge in [0.05, 0.1) is 17.2 Å². The zero-order chi connectivity index (χ0) is 24.7. The second-order valence-corrected chi connectivity index (χ2v) is 9.15. The standard InChI is InChI=1S/C27H18F3NO3S/c28-27(29,30)18-9-3-6-16(14-18)15-31-23(21-12-5-13-35-21)22(25(33)26(31)34)24(32)20-11-4-8-17-7-1-2-10-19(17)20/h1-14,23,32H,15H2/b24-22-. The molecule has 0 radical (unpaired) electrons. The van der Waals surface area contributed by atoms with Crippen molar-refractivity contribution in [3.8, 4) is 0 Å². The highest BCUT2D eigenvalue weighted by atomic mass is 32.1. The van der Waals surface area contributed by atoms with E-state index in [-0.39, 0.29) is 23.4 Å². The molecular formula is C27H18F3NO3S. The zero-order valence-electron chi connectivity index (χ0n) is 18.1. The molecule has 35 heavy (non-hydrogen) atoms. The second kappa shape index (κ2) is 8.70. The number of carbonyl (C=O) groups excluding carboxylic acids is 2. The maximum absolute atomic E-state index is 13.2. The number of alkyl halides is 3. The van der Waals surface area contributed by atoms with Crippen LogP contribution in [0.15, 0.2) is 89.8 Å². The normalized spacial score (nSPS) is 17.9. The van der Waals surface area contributed by atoms with Gasteiger partial charge in [-0.2, -0.15) is 13.2 Å². The van der Waals surface area contributed by atoms with Gasteiger partial charge in [-0.25, -0.2) is 0 Å². The molecule has 1 aliphatic rings. The van der Waals surface area contributed by atoms with Crippen molar-refractivity contribution in [1.29, 1.82) is 0 Å². The molecule has 0 saturated carbocycles. The molecule has 1 amide bonds. The number of ketones is 1. The average molecular weight is 494 g/mol. The minimum absolute atomic E-state index is 0.0826. The lowest BCUT2D eigenvalue weighted by Crippen LogP contribution is -2.29. The van der Waals surface area contributed by atoms with Crippen molar-refractivity contribution >= 4 is 39.6 Å². The van der Waals surface area contributed by atoms with Gasteiger partial charge < -0.3 is 10.0 Å². The maximum Gasteiger partial charge on any atom is 0.416 e. The minimum atomic E-state index is -4.54. The van der Waals surface area contributed by atoms with Crippen molar-refractivity contribution in [3.63, 3.8) is 0 Å². The first kappa shape index (κ1) is 22.9. The Labute approximate surface area is 202 Å². The second-order valence-electron chi connectivity index (χ2n) is 8.17. The van der Waals surface area contributed by atoms with E-state index in [0.717, 1.165) is 17.5 Å². The van der Waals surface area contributed by atoms with Crippen molar-refractivity contribution in [2.24, 2.45) is 0 Å². The molecule has 1 N–H and O–H groups in total. The Kier molecular flexibility index (Phi) is 5.68. The molecule has 0 aliphatic carbocycles. The first-order chi connectivity index (χ1) is 16.8.